The predicted molar refractivity (Wildman–Crippen MR) is 143 cm³/mol. The number of carbonyl (C=O) groups is 2. The summed E-state index contributed by atoms with van der Waals surface area (Å²) in [5.41, 5.74) is 2.04. The first-order valence-electron chi connectivity index (χ1n) is 12.2. The fourth-order valence-electron chi connectivity index (χ4n) is 4.73. The van der Waals surface area contributed by atoms with Gasteiger partial charge in [-0.1, -0.05) is 67.3 Å². The lowest BCUT2D eigenvalue weighted by atomic mass is 9.94. The maximum atomic E-state index is 13.9. The van der Waals surface area contributed by atoms with Crippen LogP contribution in [0.3, 0.4) is 0 Å². The van der Waals surface area contributed by atoms with Crippen LogP contribution in [0.25, 0.3) is 11.0 Å². The summed E-state index contributed by atoms with van der Waals surface area (Å²) in [5.74, 6) is -0.718. The van der Waals surface area contributed by atoms with E-state index in [4.69, 9.17) is 13.9 Å². The van der Waals surface area contributed by atoms with Crippen molar-refractivity contribution in [3.8, 4) is 11.5 Å². The van der Waals surface area contributed by atoms with Gasteiger partial charge in [-0.3, -0.25) is 9.59 Å². The van der Waals surface area contributed by atoms with Crippen molar-refractivity contribution < 1.29 is 28.6 Å². The predicted octanol–water partition coefficient (Wildman–Crippen LogP) is 5.83. The van der Waals surface area contributed by atoms with Gasteiger partial charge in [-0.25, -0.2) is 0 Å². The summed E-state index contributed by atoms with van der Waals surface area (Å²) in [6.07, 6.45) is 2.18. The standard InChI is InChI=1S/C31H27NO6/c1-3-17-37-23-13-7-11-21(18-23)27-26(28(33)25-19-22-12-8-14-24(36-2)30(22)38-25)29(34)31(35)32(27)16-15-20-9-5-4-6-10-20/h3-14,18-19,27,34H,1,15-17H2,2H3. The summed E-state index contributed by atoms with van der Waals surface area (Å²) in [6, 6.07) is 23.0. The maximum Gasteiger partial charge on any atom is 0.290 e. The van der Waals surface area contributed by atoms with Crippen LogP contribution in [0.2, 0.25) is 0 Å². The van der Waals surface area contributed by atoms with Crippen molar-refractivity contribution in [2.24, 2.45) is 0 Å². The van der Waals surface area contributed by atoms with E-state index in [2.05, 4.69) is 6.58 Å². The van der Waals surface area contributed by atoms with Gasteiger partial charge in [-0.05, 0) is 41.8 Å². The number of furan rings is 1. The molecule has 1 aromatic heterocycles. The molecule has 1 aliphatic heterocycles. The average Bonchev–Trinajstić information content (AvgIpc) is 3.50. The number of nitrogens with zero attached hydrogens (tertiary/aromatic N) is 1. The van der Waals surface area contributed by atoms with E-state index >= 15 is 0 Å². The quantitative estimate of drug-likeness (QED) is 0.214. The third kappa shape index (κ3) is 4.66. The molecule has 4 aromatic rings. The van der Waals surface area contributed by atoms with Gasteiger partial charge in [0, 0.05) is 11.9 Å². The average molecular weight is 510 g/mol. The SMILES string of the molecule is C=CCOc1cccc(C2C(C(=O)c3cc4cccc(OC)c4o3)=C(O)C(=O)N2CCc2ccccc2)c1. The largest absolute Gasteiger partial charge is 0.503 e. The normalized spacial score (nSPS) is 15.2. The van der Waals surface area contributed by atoms with E-state index in [1.54, 1.807) is 48.5 Å². The Morgan fingerprint density at radius 2 is 1.87 bits per heavy atom. The number of rotatable bonds is 10. The number of carbonyl (C=O) groups excluding carboxylic acids is 2. The smallest absolute Gasteiger partial charge is 0.290 e. The molecule has 192 valence electrons. The van der Waals surface area contributed by atoms with Crippen LogP contribution >= 0.6 is 0 Å². The first-order valence-corrected chi connectivity index (χ1v) is 12.2. The van der Waals surface area contributed by atoms with E-state index in [1.165, 1.54) is 12.0 Å². The lowest BCUT2D eigenvalue weighted by molar-refractivity contribution is -0.129. The van der Waals surface area contributed by atoms with Crippen molar-refractivity contribution in [1.29, 1.82) is 0 Å². The fourth-order valence-corrected chi connectivity index (χ4v) is 4.73. The first-order chi connectivity index (χ1) is 18.5. The number of benzene rings is 3. The number of aliphatic hydroxyl groups is 1. The van der Waals surface area contributed by atoms with Gasteiger partial charge in [-0.2, -0.15) is 0 Å². The van der Waals surface area contributed by atoms with Gasteiger partial charge in [0.1, 0.15) is 12.4 Å². The highest BCUT2D eigenvalue weighted by molar-refractivity contribution is 6.16. The molecule has 2 heterocycles. The van der Waals surface area contributed by atoms with Crippen LogP contribution in [-0.4, -0.2) is 42.0 Å². The topological polar surface area (TPSA) is 89.2 Å². The van der Waals surface area contributed by atoms with Gasteiger partial charge >= 0.3 is 0 Å². The molecule has 0 bridgehead atoms. The number of ketones is 1. The van der Waals surface area contributed by atoms with Crippen LogP contribution in [0.4, 0.5) is 0 Å². The third-order valence-corrected chi connectivity index (χ3v) is 6.53. The molecule has 0 fully saturated rings. The zero-order chi connectivity index (χ0) is 26.6. The molecule has 1 aliphatic rings. The molecule has 7 nitrogen and oxygen atoms in total. The summed E-state index contributed by atoms with van der Waals surface area (Å²) in [6.45, 7) is 4.27. The van der Waals surface area contributed by atoms with Crippen LogP contribution in [-0.2, 0) is 11.2 Å². The minimum atomic E-state index is -0.832. The second-order valence-corrected chi connectivity index (χ2v) is 8.89. The van der Waals surface area contributed by atoms with Crippen LogP contribution in [0, 0.1) is 0 Å². The van der Waals surface area contributed by atoms with Gasteiger partial charge in [0.15, 0.2) is 22.9 Å². The Morgan fingerprint density at radius 1 is 1.08 bits per heavy atom. The molecule has 0 saturated heterocycles. The molecule has 38 heavy (non-hydrogen) atoms. The van der Waals surface area contributed by atoms with Gasteiger partial charge in [0.2, 0.25) is 5.78 Å². The van der Waals surface area contributed by atoms with Crippen LogP contribution in [0.1, 0.15) is 27.7 Å². The van der Waals surface area contributed by atoms with Crippen molar-refractivity contribution in [3.05, 3.63) is 120 Å². The molecule has 5 rings (SSSR count). The summed E-state index contributed by atoms with van der Waals surface area (Å²) in [4.78, 5) is 28.7. The van der Waals surface area contributed by atoms with E-state index in [0.29, 0.717) is 47.6 Å². The second-order valence-electron chi connectivity index (χ2n) is 8.89. The Balaban J connectivity index is 1.56. The molecule has 1 atom stereocenters. The Hall–Kier alpha value is -4.78. The van der Waals surface area contributed by atoms with Crippen molar-refractivity contribution in [2.45, 2.75) is 12.5 Å². The van der Waals surface area contributed by atoms with E-state index < -0.39 is 23.5 Å². The van der Waals surface area contributed by atoms with Crippen LogP contribution in [0.5, 0.6) is 11.5 Å². The molecule has 7 heteroatoms. The molecule has 0 spiro atoms. The van der Waals surface area contributed by atoms with Crippen molar-refractivity contribution in [1.82, 2.24) is 4.90 Å². The van der Waals surface area contributed by atoms with Crippen molar-refractivity contribution in [2.75, 3.05) is 20.3 Å². The van der Waals surface area contributed by atoms with E-state index in [9.17, 15) is 14.7 Å². The van der Waals surface area contributed by atoms with E-state index in [-0.39, 0.29) is 11.3 Å². The Morgan fingerprint density at radius 3 is 2.63 bits per heavy atom. The Kier molecular flexibility index (Phi) is 7.00. The number of hydrogen-bond acceptors (Lipinski definition) is 6. The number of aliphatic hydroxyl groups excluding tert-OH is 1. The zero-order valence-corrected chi connectivity index (χ0v) is 20.9. The fraction of sp³-hybridized carbons (Fsp3) is 0.161. The minimum Gasteiger partial charge on any atom is -0.503 e. The number of fused-ring (bicyclic) bond motifs is 1. The first kappa shape index (κ1) is 24.9. The second kappa shape index (κ2) is 10.7. The van der Waals surface area contributed by atoms with Gasteiger partial charge in [0.25, 0.3) is 5.91 Å². The molecule has 3 aromatic carbocycles. The minimum absolute atomic E-state index is 0.00724. The summed E-state index contributed by atoms with van der Waals surface area (Å²) < 4.78 is 17.0. The molecular weight excluding hydrogens is 482 g/mol. The number of hydrogen-bond donors (Lipinski definition) is 1. The van der Waals surface area contributed by atoms with E-state index in [1.807, 2.05) is 36.4 Å². The molecule has 1 amide bonds. The van der Waals surface area contributed by atoms with Gasteiger partial charge in [-0.15, -0.1) is 0 Å². The summed E-state index contributed by atoms with van der Waals surface area (Å²) in [7, 11) is 1.52. The Bertz CT molecular complexity index is 1530. The van der Waals surface area contributed by atoms with Crippen LogP contribution < -0.4 is 9.47 Å². The molecule has 0 saturated carbocycles. The van der Waals surface area contributed by atoms with E-state index in [0.717, 1.165) is 5.56 Å². The molecule has 1 unspecified atom stereocenters. The molecule has 1 N–H and O–H groups in total. The zero-order valence-electron chi connectivity index (χ0n) is 20.9. The van der Waals surface area contributed by atoms with Gasteiger partial charge < -0.3 is 23.9 Å². The van der Waals surface area contributed by atoms with Crippen molar-refractivity contribution >= 4 is 22.7 Å². The van der Waals surface area contributed by atoms with Gasteiger partial charge in [0.05, 0.1) is 18.7 Å². The Labute approximate surface area is 220 Å². The molecule has 0 aliphatic carbocycles. The number of ether oxygens (including phenoxy) is 2. The highest BCUT2D eigenvalue weighted by atomic mass is 16.5. The number of methoxy groups -OCH3 is 1. The summed E-state index contributed by atoms with van der Waals surface area (Å²) >= 11 is 0. The highest BCUT2D eigenvalue weighted by Crippen LogP contribution is 2.41. The lowest BCUT2D eigenvalue weighted by Gasteiger charge is -2.27. The monoisotopic (exact) mass is 509 g/mol. The lowest BCUT2D eigenvalue weighted by Crippen LogP contribution is -2.33. The summed E-state index contributed by atoms with van der Waals surface area (Å²) in [5, 5.41) is 11.7. The molecular formula is C31H27NO6. The number of para-hydroxylation sites is 1. The maximum absolute atomic E-state index is 13.9. The number of amides is 1. The third-order valence-electron chi connectivity index (χ3n) is 6.53. The molecule has 0 radical (unpaired) electrons. The van der Waals surface area contributed by atoms with Crippen LogP contribution in [0.15, 0.2) is 107 Å². The number of Topliss-reactive ketones (excluding diaryl/α,β-unsaturated/α-hetero) is 1. The highest BCUT2D eigenvalue weighted by Gasteiger charge is 2.44. The van der Waals surface area contributed by atoms with Crippen molar-refractivity contribution in [3.63, 3.8) is 0 Å².